The maximum Gasteiger partial charge on any atom is 0.317 e. The Bertz CT molecular complexity index is 238. The minimum Gasteiger partial charge on any atom is -0.333 e. The minimum atomic E-state index is -0.794. The summed E-state index contributed by atoms with van der Waals surface area (Å²) in [5.41, 5.74) is 0. The van der Waals surface area contributed by atoms with Gasteiger partial charge in [-0.15, -0.1) is 0 Å². The number of hydrogen-bond donors (Lipinski definition) is 1. The SMILES string of the molecule is CN1C(=O)NC2CC(F)CC(Br)C21. The minimum absolute atomic E-state index is 0.0226. The quantitative estimate of drug-likeness (QED) is 0.646. The lowest BCUT2D eigenvalue weighted by atomic mass is 9.90. The average Bonchev–Trinajstić information content (AvgIpc) is 2.27. The van der Waals surface area contributed by atoms with Crippen LogP contribution in [0.4, 0.5) is 9.18 Å². The number of carbonyl (C=O) groups excluding carboxylic acids is 1. The molecule has 1 saturated heterocycles. The number of urea groups is 1. The second kappa shape index (κ2) is 3.12. The van der Waals surface area contributed by atoms with E-state index in [9.17, 15) is 9.18 Å². The van der Waals surface area contributed by atoms with E-state index in [2.05, 4.69) is 21.2 Å². The van der Waals surface area contributed by atoms with Crippen LogP contribution in [0.1, 0.15) is 12.8 Å². The zero-order chi connectivity index (χ0) is 9.59. The van der Waals surface area contributed by atoms with E-state index in [0.29, 0.717) is 12.8 Å². The van der Waals surface area contributed by atoms with Crippen LogP contribution >= 0.6 is 15.9 Å². The highest BCUT2D eigenvalue weighted by atomic mass is 79.9. The predicted molar refractivity (Wildman–Crippen MR) is 50.7 cm³/mol. The lowest BCUT2D eigenvalue weighted by Gasteiger charge is -2.33. The number of rotatable bonds is 0. The van der Waals surface area contributed by atoms with Crippen molar-refractivity contribution < 1.29 is 9.18 Å². The molecule has 5 heteroatoms. The summed E-state index contributed by atoms with van der Waals surface area (Å²) in [6.45, 7) is 0. The molecule has 0 aromatic rings. The number of likely N-dealkylation sites (N-methyl/N-ethyl adjacent to an activating group) is 1. The van der Waals surface area contributed by atoms with Crippen molar-refractivity contribution >= 4 is 22.0 Å². The second-order valence-corrected chi connectivity index (χ2v) is 4.92. The Hall–Kier alpha value is -0.320. The van der Waals surface area contributed by atoms with Crippen LogP contribution in [0.25, 0.3) is 0 Å². The Kier molecular flexibility index (Phi) is 2.21. The van der Waals surface area contributed by atoms with Gasteiger partial charge in [-0.1, -0.05) is 15.9 Å². The van der Waals surface area contributed by atoms with Gasteiger partial charge in [0.25, 0.3) is 0 Å². The standard InChI is InChI=1S/C8H12BrFN2O/c1-12-7-5(9)2-4(10)3-6(7)11-8(12)13/h4-7H,2-3H2,1H3,(H,11,13). The Balaban J connectivity index is 2.17. The van der Waals surface area contributed by atoms with Crippen molar-refractivity contribution in [3.05, 3.63) is 0 Å². The van der Waals surface area contributed by atoms with Gasteiger partial charge in [-0.3, -0.25) is 0 Å². The number of alkyl halides is 2. The third-order valence-electron chi connectivity index (χ3n) is 2.85. The molecule has 0 radical (unpaired) electrons. The fourth-order valence-corrected chi connectivity index (χ4v) is 3.33. The van der Waals surface area contributed by atoms with Crippen LogP contribution in [0.2, 0.25) is 0 Å². The zero-order valence-electron chi connectivity index (χ0n) is 7.34. The smallest absolute Gasteiger partial charge is 0.317 e. The summed E-state index contributed by atoms with van der Waals surface area (Å²) >= 11 is 3.43. The largest absolute Gasteiger partial charge is 0.333 e. The number of halogens is 2. The van der Waals surface area contributed by atoms with E-state index in [1.807, 2.05) is 0 Å². The van der Waals surface area contributed by atoms with Gasteiger partial charge in [-0.05, 0) is 6.42 Å². The number of fused-ring (bicyclic) bond motifs is 1. The van der Waals surface area contributed by atoms with Crippen LogP contribution in [-0.4, -0.2) is 41.1 Å². The topological polar surface area (TPSA) is 32.3 Å². The molecular formula is C8H12BrFN2O. The number of hydrogen-bond acceptors (Lipinski definition) is 1. The van der Waals surface area contributed by atoms with E-state index in [4.69, 9.17) is 0 Å². The first-order valence-corrected chi connectivity index (χ1v) is 5.32. The van der Waals surface area contributed by atoms with Crippen LogP contribution in [-0.2, 0) is 0 Å². The maximum atomic E-state index is 13.1. The summed E-state index contributed by atoms with van der Waals surface area (Å²) in [6.07, 6.45) is 0.154. The first-order valence-electron chi connectivity index (χ1n) is 4.41. The van der Waals surface area contributed by atoms with Gasteiger partial charge < -0.3 is 10.2 Å². The van der Waals surface area contributed by atoms with Crippen LogP contribution in [0.15, 0.2) is 0 Å². The molecule has 13 heavy (non-hydrogen) atoms. The van der Waals surface area contributed by atoms with Crippen molar-refractivity contribution in [1.29, 1.82) is 0 Å². The molecule has 1 heterocycles. The van der Waals surface area contributed by atoms with Gasteiger partial charge in [0.15, 0.2) is 0 Å². The van der Waals surface area contributed by atoms with E-state index in [0.717, 1.165) is 0 Å². The fraction of sp³-hybridized carbons (Fsp3) is 0.875. The molecule has 1 N–H and O–H groups in total. The third-order valence-corrected chi connectivity index (χ3v) is 3.77. The maximum absolute atomic E-state index is 13.1. The molecule has 2 amide bonds. The van der Waals surface area contributed by atoms with Gasteiger partial charge in [0.05, 0.1) is 12.1 Å². The van der Waals surface area contributed by atoms with E-state index in [1.54, 1.807) is 11.9 Å². The van der Waals surface area contributed by atoms with Crippen LogP contribution in [0, 0.1) is 0 Å². The van der Waals surface area contributed by atoms with Crippen molar-refractivity contribution in [1.82, 2.24) is 10.2 Å². The molecule has 3 nitrogen and oxygen atoms in total. The lowest BCUT2D eigenvalue weighted by molar-refractivity contribution is 0.177. The summed E-state index contributed by atoms with van der Waals surface area (Å²) in [5.74, 6) is 0. The van der Waals surface area contributed by atoms with Crippen molar-refractivity contribution in [2.75, 3.05) is 7.05 Å². The molecule has 1 saturated carbocycles. The predicted octanol–water partition coefficient (Wildman–Crippen LogP) is 1.27. The summed E-state index contributed by atoms with van der Waals surface area (Å²) < 4.78 is 13.1. The van der Waals surface area contributed by atoms with Crippen LogP contribution < -0.4 is 5.32 Å². The second-order valence-electron chi connectivity index (χ2n) is 3.74. The molecular weight excluding hydrogens is 239 g/mol. The molecule has 74 valence electrons. The normalized spacial score (nSPS) is 44.5. The summed E-state index contributed by atoms with van der Waals surface area (Å²) in [5, 5.41) is 2.78. The monoisotopic (exact) mass is 250 g/mol. The summed E-state index contributed by atoms with van der Waals surface area (Å²) in [7, 11) is 1.76. The number of carbonyl (C=O) groups is 1. The highest BCUT2D eigenvalue weighted by Crippen LogP contribution is 2.33. The molecule has 2 rings (SSSR count). The van der Waals surface area contributed by atoms with E-state index < -0.39 is 6.17 Å². The van der Waals surface area contributed by atoms with Gasteiger partial charge in [0.2, 0.25) is 0 Å². The lowest BCUT2D eigenvalue weighted by Crippen LogP contribution is -2.47. The molecule has 0 aromatic carbocycles. The van der Waals surface area contributed by atoms with Crippen LogP contribution in [0.3, 0.4) is 0 Å². The zero-order valence-corrected chi connectivity index (χ0v) is 8.92. The van der Waals surface area contributed by atoms with Gasteiger partial charge in [-0.2, -0.15) is 0 Å². The Labute approximate surface area is 84.8 Å². The van der Waals surface area contributed by atoms with Crippen molar-refractivity contribution in [3.63, 3.8) is 0 Å². The van der Waals surface area contributed by atoms with Crippen molar-refractivity contribution in [2.24, 2.45) is 0 Å². The third kappa shape index (κ3) is 1.43. The molecule has 4 atom stereocenters. The van der Waals surface area contributed by atoms with E-state index >= 15 is 0 Å². The van der Waals surface area contributed by atoms with Crippen molar-refractivity contribution in [2.45, 2.75) is 35.9 Å². The van der Waals surface area contributed by atoms with E-state index in [-0.39, 0.29) is 22.9 Å². The average molecular weight is 251 g/mol. The number of amides is 2. The molecule has 2 fully saturated rings. The molecule has 1 aliphatic heterocycles. The number of nitrogens with zero attached hydrogens (tertiary/aromatic N) is 1. The van der Waals surface area contributed by atoms with Gasteiger partial charge in [0.1, 0.15) is 6.17 Å². The highest BCUT2D eigenvalue weighted by Gasteiger charge is 2.45. The van der Waals surface area contributed by atoms with Gasteiger partial charge >= 0.3 is 6.03 Å². The van der Waals surface area contributed by atoms with Crippen molar-refractivity contribution in [3.8, 4) is 0 Å². The molecule has 4 unspecified atom stereocenters. The fourth-order valence-electron chi connectivity index (χ4n) is 2.20. The first kappa shape index (κ1) is 9.24. The molecule has 0 bridgehead atoms. The summed E-state index contributed by atoms with van der Waals surface area (Å²) in [6, 6.07) is -0.00123. The Morgan fingerprint density at radius 3 is 3.00 bits per heavy atom. The molecule has 0 spiro atoms. The Morgan fingerprint density at radius 2 is 2.31 bits per heavy atom. The first-order chi connectivity index (χ1) is 6.09. The van der Waals surface area contributed by atoms with Gasteiger partial charge in [-0.25, -0.2) is 9.18 Å². The molecule has 0 aromatic heterocycles. The van der Waals surface area contributed by atoms with Crippen LogP contribution in [0.5, 0.6) is 0 Å². The molecule has 1 aliphatic carbocycles. The summed E-state index contributed by atoms with van der Waals surface area (Å²) in [4.78, 5) is 13.0. The number of nitrogens with one attached hydrogen (secondary N) is 1. The Morgan fingerprint density at radius 1 is 1.62 bits per heavy atom. The molecule has 2 aliphatic rings. The van der Waals surface area contributed by atoms with E-state index in [1.165, 1.54) is 0 Å². The van der Waals surface area contributed by atoms with Gasteiger partial charge in [0, 0.05) is 18.3 Å². The highest BCUT2D eigenvalue weighted by molar-refractivity contribution is 9.09.